The van der Waals surface area contributed by atoms with Crippen molar-refractivity contribution in [2.75, 3.05) is 19.0 Å². The van der Waals surface area contributed by atoms with E-state index in [1.54, 1.807) is 0 Å². The second-order valence-corrected chi connectivity index (χ2v) is 5.28. The molecule has 2 rings (SSSR count). The molecule has 4 nitrogen and oxygen atoms in total. The molecule has 2 N–H and O–H groups in total. The van der Waals surface area contributed by atoms with Crippen molar-refractivity contribution in [3.63, 3.8) is 0 Å². The van der Waals surface area contributed by atoms with Gasteiger partial charge in [-0.2, -0.15) is 0 Å². The van der Waals surface area contributed by atoms with Gasteiger partial charge in [0.2, 0.25) is 5.91 Å². The standard InChI is InChI=1S/C14H20N2O2/c1-14(2,15-3)9-13(17)16-11-4-5-12-10(8-11)6-7-18-12/h4-5,8,15H,6-7,9H2,1-3H3,(H,16,17). The van der Waals surface area contributed by atoms with Crippen LogP contribution in [0.4, 0.5) is 5.69 Å². The van der Waals surface area contributed by atoms with Crippen LogP contribution in [0.5, 0.6) is 5.75 Å². The molecule has 0 saturated heterocycles. The summed E-state index contributed by atoms with van der Waals surface area (Å²) in [5.74, 6) is 0.955. The minimum atomic E-state index is -0.191. The van der Waals surface area contributed by atoms with Crippen LogP contribution in [0.15, 0.2) is 18.2 Å². The van der Waals surface area contributed by atoms with Gasteiger partial charge in [0.1, 0.15) is 5.75 Å². The Bertz CT molecular complexity index is 455. The first-order valence-corrected chi connectivity index (χ1v) is 6.25. The fraction of sp³-hybridized carbons (Fsp3) is 0.500. The zero-order chi connectivity index (χ0) is 13.2. The highest BCUT2D eigenvalue weighted by Crippen LogP contribution is 2.28. The van der Waals surface area contributed by atoms with Gasteiger partial charge in [-0.1, -0.05) is 0 Å². The highest BCUT2D eigenvalue weighted by Gasteiger charge is 2.20. The molecule has 0 atom stereocenters. The molecule has 1 aliphatic heterocycles. The highest BCUT2D eigenvalue weighted by atomic mass is 16.5. The third-order valence-electron chi connectivity index (χ3n) is 3.25. The molecule has 1 aliphatic rings. The van der Waals surface area contributed by atoms with Gasteiger partial charge in [-0.15, -0.1) is 0 Å². The van der Waals surface area contributed by atoms with E-state index in [2.05, 4.69) is 10.6 Å². The number of amides is 1. The highest BCUT2D eigenvalue weighted by molar-refractivity contribution is 5.91. The van der Waals surface area contributed by atoms with Gasteiger partial charge >= 0.3 is 0 Å². The Morgan fingerprint density at radius 2 is 2.22 bits per heavy atom. The van der Waals surface area contributed by atoms with E-state index in [-0.39, 0.29) is 11.4 Å². The number of anilines is 1. The van der Waals surface area contributed by atoms with Crippen LogP contribution in [0.25, 0.3) is 0 Å². The zero-order valence-corrected chi connectivity index (χ0v) is 11.2. The normalized spacial score (nSPS) is 13.9. The summed E-state index contributed by atoms with van der Waals surface area (Å²) in [6, 6.07) is 5.79. The first-order chi connectivity index (χ1) is 8.50. The van der Waals surface area contributed by atoms with Gasteiger partial charge < -0.3 is 15.4 Å². The lowest BCUT2D eigenvalue weighted by Gasteiger charge is -2.23. The second-order valence-electron chi connectivity index (χ2n) is 5.28. The quantitative estimate of drug-likeness (QED) is 0.856. The lowest BCUT2D eigenvalue weighted by molar-refractivity contribution is -0.117. The van der Waals surface area contributed by atoms with Gasteiger partial charge in [0.25, 0.3) is 0 Å². The average Bonchev–Trinajstić information content (AvgIpc) is 2.75. The van der Waals surface area contributed by atoms with Crippen molar-refractivity contribution >= 4 is 11.6 Å². The number of carbonyl (C=O) groups is 1. The largest absolute Gasteiger partial charge is 0.493 e. The molecule has 18 heavy (non-hydrogen) atoms. The maximum atomic E-state index is 11.9. The monoisotopic (exact) mass is 248 g/mol. The average molecular weight is 248 g/mol. The summed E-state index contributed by atoms with van der Waals surface area (Å²) in [6.45, 7) is 4.74. The number of carbonyl (C=O) groups excluding carboxylic acids is 1. The van der Waals surface area contributed by atoms with Crippen LogP contribution < -0.4 is 15.4 Å². The van der Waals surface area contributed by atoms with E-state index in [1.165, 1.54) is 5.56 Å². The molecule has 1 aromatic rings. The van der Waals surface area contributed by atoms with Crippen molar-refractivity contribution in [2.45, 2.75) is 32.2 Å². The maximum Gasteiger partial charge on any atom is 0.226 e. The molecule has 0 unspecified atom stereocenters. The molecule has 1 aromatic carbocycles. The van der Waals surface area contributed by atoms with Gasteiger partial charge in [-0.3, -0.25) is 4.79 Å². The van der Waals surface area contributed by atoms with Gasteiger partial charge in [0.15, 0.2) is 0 Å². The molecular formula is C14H20N2O2. The number of fused-ring (bicyclic) bond motifs is 1. The lowest BCUT2D eigenvalue weighted by atomic mass is 10.0. The Labute approximate surface area is 108 Å². The Balaban J connectivity index is 1.99. The molecule has 0 fully saturated rings. The van der Waals surface area contributed by atoms with Crippen molar-refractivity contribution < 1.29 is 9.53 Å². The minimum Gasteiger partial charge on any atom is -0.493 e. The Hall–Kier alpha value is -1.55. The third kappa shape index (κ3) is 3.01. The summed E-state index contributed by atoms with van der Waals surface area (Å²) in [5, 5.41) is 6.05. The summed E-state index contributed by atoms with van der Waals surface area (Å²) in [5.41, 5.74) is 1.82. The molecule has 0 saturated carbocycles. The van der Waals surface area contributed by atoms with Crippen LogP contribution in [-0.4, -0.2) is 25.1 Å². The van der Waals surface area contributed by atoms with Crippen molar-refractivity contribution in [1.82, 2.24) is 5.32 Å². The van der Waals surface area contributed by atoms with Crippen molar-refractivity contribution in [2.24, 2.45) is 0 Å². The molecule has 0 radical (unpaired) electrons. The van der Waals surface area contributed by atoms with Crippen LogP contribution >= 0.6 is 0 Å². The van der Waals surface area contributed by atoms with Gasteiger partial charge in [-0.25, -0.2) is 0 Å². The Morgan fingerprint density at radius 1 is 1.44 bits per heavy atom. The summed E-state index contributed by atoms with van der Waals surface area (Å²) in [7, 11) is 1.86. The molecule has 0 aliphatic carbocycles. The van der Waals surface area contributed by atoms with Crippen LogP contribution in [0.1, 0.15) is 25.8 Å². The van der Waals surface area contributed by atoms with E-state index in [9.17, 15) is 4.79 Å². The molecule has 1 heterocycles. The van der Waals surface area contributed by atoms with E-state index >= 15 is 0 Å². The molecule has 4 heteroatoms. The molecular weight excluding hydrogens is 228 g/mol. The third-order valence-corrected chi connectivity index (χ3v) is 3.25. The van der Waals surface area contributed by atoms with Gasteiger partial charge in [-0.05, 0) is 44.7 Å². The number of hydrogen-bond acceptors (Lipinski definition) is 3. The molecule has 98 valence electrons. The zero-order valence-electron chi connectivity index (χ0n) is 11.2. The number of benzene rings is 1. The van der Waals surface area contributed by atoms with E-state index in [0.717, 1.165) is 24.5 Å². The number of nitrogens with one attached hydrogen (secondary N) is 2. The number of hydrogen-bond donors (Lipinski definition) is 2. The Morgan fingerprint density at radius 3 is 2.94 bits per heavy atom. The summed E-state index contributed by atoms with van der Waals surface area (Å²) < 4.78 is 5.43. The number of ether oxygens (including phenoxy) is 1. The lowest BCUT2D eigenvalue weighted by Crippen LogP contribution is -2.39. The predicted molar refractivity (Wildman–Crippen MR) is 72.0 cm³/mol. The van der Waals surface area contributed by atoms with E-state index in [0.29, 0.717) is 6.42 Å². The van der Waals surface area contributed by atoms with Crippen LogP contribution in [0, 0.1) is 0 Å². The first kappa shape index (κ1) is 12.9. The van der Waals surface area contributed by atoms with E-state index in [1.807, 2.05) is 39.1 Å². The number of rotatable bonds is 4. The topological polar surface area (TPSA) is 50.4 Å². The smallest absolute Gasteiger partial charge is 0.226 e. The molecule has 1 amide bonds. The Kier molecular flexibility index (Phi) is 3.57. The SMILES string of the molecule is CNC(C)(C)CC(=O)Nc1ccc2c(c1)CCO2. The predicted octanol–water partition coefficient (Wildman–Crippen LogP) is 1.95. The first-order valence-electron chi connectivity index (χ1n) is 6.25. The molecule has 0 spiro atoms. The van der Waals surface area contributed by atoms with Gasteiger partial charge in [0, 0.05) is 24.1 Å². The fourth-order valence-corrected chi connectivity index (χ4v) is 1.96. The van der Waals surface area contributed by atoms with Crippen LogP contribution in [0.3, 0.4) is 0 Å². The summed E-state index contributed by atoms with van der Waals surface area (Å²) >= 11 is 0. The summed E-state index contributed by atoms with van der Waals surface area (Å²) in [6.07, 6.45) is 1.36. The van der Waals surface area contributed by atoms with Crippen molar-refractivity contribution in [1.29, 1.82) is 0 Å². The summed E-state index contributed by atoms with van der Waals surface area (Å²) in [4.78, 5) is 11.9. The van der Waals surface area contributed by atoms with E-state index in [4.69, 9.17) is 4.74 Å². The van der Waals surface area contributed by atoms with E-state index < -0.39 is 0 Å². The minimum absolute atomic E-state index is 0.0215. The van der Waals surface area contributed by atoms with Crippen LogP contribution in [-0.2, 0) is 11.2 Å². The van der Waals surface area contributed by atoms with Crippen LogP contribution in [0.2, 0.25) is 0 Å². The second kappa shape index (κ2) is 4.98. The molecule has 0 aromatic heterocycles. The maximum absolute atomic E-state index is 11.9. The van der Waals surface area contributed by atoms with Crippen molar-refractivity contribution in [3.8, 4) is 5.75 Å². The fourth-order valence-electron chi connectivity index (χ4n) is 1.96. The molecule has 0 bridgehead atoms. The van der Waals surface area contributed by atoms with Crippen molar-refractivity contribution in [3.05, 3.63) is 23.8 Å². The van der Waals surface area contributed by atoms with Gasteiger partial charge in [0.05, 0.1) is 6.61 Å².